The molecule has 0 radical (unpaired) electrons. The van der Waals surface area contributed by atoms with Gasteiger partial charge in [-0.15, -0.1) is 0 Å². The third-order valence-electron chi connectivity index (χ3n) is 6.04. The molecule has 1 aliphatic heterocycles. The van der Waals surface area contributed by atoms with Crippen molar-refractivity contribution in [2.75, 3.05) is 4.90 Å². The maximum Gasteiger partial charge on any atom is 0.174 e. The maximum atomic E-state index is 14.9. The molecule has 3 aromatic heterocycles. The van der Waals surface area contributed by atoms with Crippen LogP contribution in [0.5, 0.6) is 0 Å². The quantitative estimate of drug-likeness (QED) is 0.413. The van der Waals surface area contributed by atoms with Crippen LogP contribution in [0.1, 0.15) is 40.5 Å². The first-order chi connectivity index (χ1) is 15.5. The molecule has 5 nitrogen and oxygen atoms in total. The summed E-state index contributed by atoms with van der Waals surface area (Å²) in [5.74, 6) is 0.568. The third kappa shape index (κ3) is 3.48. The zero-order valence-corrected chi connectivity index (χ0v) is 18.6. The van der Waals surface area contributed by atoms with E-state index in [4.69, 9.17) is 16.6 Å². The number of furan rings is 1. The van der Waals surface area contributed by atoms with Crippen LogP contribution >= 0.6 is 12.2 Å². The normalized spacial score (nSPS) is 18.2. The second kappa shape index (κ2) is 8.24. The Balaban J connectivity index is 1.65. The van der Waals surface area contributed by atoms with Crippen LogP contribution < -0.4 is 10.2 Å². The van der Waals surface area contributed by atoms with Gasteiger partial charge in [-0.1, -0.05) is 18.2 Å². The van der Waals surface area contributed by atoms with Crippen molar-refractivity contribution in [3.63, 3.8) is 0 Å². The second-order valence-electron chi connectivity index (χ2n) is 7.94. The van der Waals surface area contributed by atoms with Crippen molar-refractivity contribution in [3.05, 3.63) is 107 Å². The van der Waals surface area contributed by atoms with Gasteiger partial charge in [-0.3, -0.25) is 4.98 Å². The van der Waals surface area contributed by atoms with E-state index in [9.17, 15) is 4.39 Å². The number of hydrogen-bond acceptors (Lipinski definition) is 3. The third-order valence-corrected chi connectivity index (χ3v) is 6.35. The van der Waals surface area contributed by atoms with Gasteiger partial charge < -0.3 is 19.2 Å². The second-order valence-corrected chi connectivity index (χ2v) is 8.33. The van der Waals surface area contributed by atoms with Crippen molar-refractivity contribution >= 4 is 23.0 Å². The van der Waals surface area contributed by atoms with Gasteiger partial charge in [0.2, 0.25) is 0 Å². The fraction of sp³-hybridized carbons (Fsp3) is 0.200. The lowest BCUT2D eigenvalue weighted by Gasteiger charge is -2.28. The standard InChI is InChI=1S/C25H23FN4OS/c1-16-14-19(17(2)29(16)15-18-8-7-13-31-18)24-23(21-10-5-6-12-27-21)28-25(32)30(24)22-11-4-3-9-20(22)26/h3-14,23-24H,15H2,1-2H3,(H,28,32)/t23-,24-/m1/s1. The summed E-state index contributed by atoms with van der Waals surface area (Å²) in [7, 11) is 0. The van der Waals surface area contributed by atoms with E-state index in [0.717, 1.165) is 28.4 Å². The van der Waals surface area contributed by atoms with Crippen LogP contribution in [-0.4, -0.2) is 14.7 Å². The smallest absolute Gasteiger partial charge is 0.174 e. The van der Waals surface area contributed by atoms with Crippen molar-refractivity contribution in [2.45, 2.75) is 32.5 Å². The molecule has 1 aromatic carbocycles. The minimum Gasteiger partial charge on any atom is -0.467 e. The van der Waals surface area contributed by atoms with Gasteiger partial charge in [0.1, 0.15) is 11.6 Å². The first-order valence-electron chi connectivity index (χ1n) is 10.5. The lowest BCUT2D eigenvalue weighted by molar-refractivity contribution is 0.488. The molecular weight excluding hydrogens is 423 g/mol. The Morgan fingerprint density at radius 2 is 1.91 bits per heavy atom. The summed E-state index contributed by atoms with van der Waals surface area (Å²) in [4.78, 5) is 6.45. The number of rotatable bonds is 5. The Morgan fingerprint density at radius 3 is 2.62 bits per heavy atom. The number of thiocarbonyl (C=S) groups is 1. The fourth-order valence-corrected chi connectivity index (χ4v) is 4.85. The predicted octanol–water partition coefficient (Wildman–Crippen LogP) is 5.46. The minimum absolute atomic E-state index is 0.221. The topological polar surface area (TPSA) is 46.2 Å². The monoisotopic (exact) mass is 446 g/mol. The van der Waals surface area contributed by atoms with Crippen LogP contribution in [0.15, 0.2) is 77.5 Å². The van der Waals surface area contributed by atoms with Gasteiger partial charge in [0.05, 0.1) is 36.3 Å². The first kappa shape index (κ1) is 20.5. The van der Waals surface area contributed by atoms with Gasteiger partial charge in [0.25, 0.3) is 0 Å². The van der Waals surface area contributed by atoms with Gasteiger partial charge in [-0.05, 0) is 74.1 Å². The van der Waals surface area contributed by atoms with Crippen LogP contribution in [0.2, 0.25) is 0 Å². The molecule has 0 unspecified atom stereocenters. The Kier molecular flexibility index (Phi) is 5.27. The number of nitrogens with zero attached hydrogens (tertiary/aromatic N) is 3. The molecule has 1 fully saturated rings. The molecule has 0 saturated carbocycles. The number of aryl methyl sites for hydroxylation is 1. The molecule has 1 N–H and O–H groups in total. The maximum absolute atomic E-state index is 14.9. The average molecular weight is 447 g/mol. The zero-order chi connectivity index (χ0) is 22.2. The summed E-state index contributed by atoms with van der Waals surface area (Å²) in [6.45, 7) is 4.79. The van der Waals surface area contributed by atoms with Gasteiger partial charge in [0.15, 0.2) is 5.11 Å². The van der Waals surface area contributed by atoms with E-state index < -0.39 is 0 Å². The highest BCUT2D eigenvalue weighted by molar-refractivity contribution is 7.80. The Hall–Kier alpha value is -3.45. The first-order valence-corrected chi connectivity index (χ1v) is 10.9. The molecule has 0 amide bonds. The number of para-hydroxylation sites is 1. The van der Waals surface area contributed by atoms with E-state index in [-0.39, 0.29) is 17.9 Å². The summed E-state index contributed by atoms with van der Waals surface area (Å²) in [5.41, 5.74) is 4.55. The summed E-state index contributed by atoms with van der Waals surface area (Å²) in [5, 5.41) is 3.87. The predicted molar refractivity (Wildman–Crippen MR) is 126 cm³/mol. The van der Waals surface area contributed by atoms with Gasteiger partial charge in [-0.2, -0.15) is 0 Å². The Bertz CT molecular complexity index is 1250. The molecule has 7 heteroatoms. The number of pyridine rings is 1. The molecule has 1 saturated heterocycles. The number of nitrogens with one attached hydrogen (secondary N) is 1. The molecule has 4 aromatic rings. The van der Waals surface area contributed by atoms with Crippen LogP contribution in [0.3, 0.4) is 0 Å². The number of aromatic nitrogens is 2. The molecular formula is C25H23FN4OS. The van der Waals surface area contributed by atoms with Crippen molar-refractivity contribution < 1.29 is 8.81 Å². The lowest BCUT2D eigenvalue weighted by atomic mass is 9.96. The number of anilines is 1. The molecule has 1 aliphatic rings. The summed E-state index contributed by atoms with van der Waals surface area (Å²) in [6, 6.07) is 18.1. The largest absolute Gasteiger partial charge is 0.467 e. The SMILES string of the molecule is Cc1cc([C@@H]2[C@@H](c3ccccn3)NC(=S)N2c2ccccc2F)c(C)n1Cc1ccco1. The van der Waals surface area contributed by atoms with Crippen molar-refractivity contribution in [3.8, 4) is 0 Å². The molecule has 5 rings (SSSR count). The fourth-order valence-electron chi connectivity index (χ4n) is 4.51. The number of hydrogen-bond donors (Lipinski definition) is 1. The van der Waals surface area contributed by atoms with Crippen LogP contribution in [-0.2, 0) is 6.54 Å². The molecule has 32 heavy (non-hydrogen) atoms. The minimum atomic E-state index is -0.312. The highest BCUT2D eigenvalue weighted by Crippen LogP contribution is 2.43. The molecule has 0 spiro atoms. The van der Waals surface area contributed by atoms with E-state index in [2.05, 4.69) is 34.8 Å². The van der Waals surface area contributed by atoms with E-state index in [1.807, 2.05) is 41.3 Å². The summed E-state index contributed by atoms with van der Waals surface area (Å²) < 4.78 is 22.7. The summed E-state index contributed by atoms with van der Waals surface area (Å²) in [6.07, 6.45) is 3.45. The van der Waals surface area contributed by atoms with E-state index >= 15 is 0 Å². The molecule has 4 heterocycles. The van der Waals surface area contributed by atoms with Crippen LogP contribution in [0, 0.1) is 19.7 Å². The van der Waals surface area contributed by atoms with Gasteiger partial charge in [0, 0.05) is 17.6 Å². The zero-order valence-electron chi connectivity index (χ0n) is 17.8. The molecule has 0 aliphatic carbocycles. The van der Waals surface area contributed by atoms with Crippen molar-refractivity contribution in [1.29, 1.82) is 0 Å². The van der Waals surface area contributed by atoms with Crippen LogP contribution in [0.25, 0.3) is 0 Å². The van der Waals surface area contributed by atoms with E-state index in [1.54, 1.807) is 24.6 Å². The van der Waals surface area contributed by atoms with Gasteiger partial charge >= 0.3 is 0 Å². The average Bonchev–Trinajstić information content (AvgIpc) is 3.50. The Morgan fingerprint density at radius 1 is 1.09 bits per heavy atom. The molecule has 162 valence electrons. The molecule has 2 atom stereocenters. The highest BCUT2D eigenvalue weighted by atomic mass is 32.1. The van der Waals surface area contributed by atoms with Crippen LogP contribution in [0.4, 0.5) is 10.1 Å². The number of halogens is 1. The Labute approximate surface area is 191 Å². The van der Waals surface area contributed by atoms with Crippen molar-refractivity contribution in [1.82, 2.24) is 14.9 Å². The van der Waals surface area contributed by atoms with Gasteiger partial charge in [-0.25, -0.2) is 4.39 Å². The lowest BCUT2D eigenvalue weighted by Crippen LogP contribution is -2.30. The van der Waals surface area contributed by atoms with E-state index in [0.29, 0.717) is 17.3 Å². The molecule has 0 bridgehead atoms. The van der Waals surface area contributed by atoms with E-state index in [1.165, 1.54) is 6.07 Å². The summed E-state index contributed by atoms with van der Waals surface area (Å²) >= 11 is 5.71. The number of benzene rings is 1. The van der Waals surface area contributed by atoms with Crippen molar-refractivity contribution in [2.24, 2.45) is 0 Å². The highest BCUT2D eigenvalue weighted by Gasteiger charge is 2.43.